The number of aromatic nitrogens is 2. The average molecular weight is 608 g/mol. The van der Waals surface area contributed by atoms with Crippen LogP contribution in [0.25, 0.3) is 10.9 Å². The van der Waals surface area contributed by atoms with Gasteiger partial charge < -0.3 is 4.74 Å². The van der Waals surface area contributed by atoms with Gasteiger partial charge in [0.25, 0.3) is 5.56 Å². The minimum atomic E-state index is -0.337. The fourth-order valence-corrected chi connectivity index (χ4v) is 4.74. The van der Waals surface area contributed by atoms with Crippen molar-refractivity contribution in [2.45, 2.75) is 26.4 Å². The Morgan fingerprint density at radius 1 is 1.18 bits per heavy atom. The van der Waals surface area contributed by atoms with Crippen molar-refractivity contribution in [2.75, 3.05) is 0 Å². The number of benzene rings is 3. The van der Waals surface area contributed by atoms with E-state index >= 15 is 0 Å². The van der Waals surface area contributed by atoms with Crippen LogP contribution in [0, 0.1) is 5.82 Å². The number of hydrogen-bond donors (Lipinski definition) is 0. The van der Waals surface area contributed by atoms with Gasteiger partial charge in [-0.3, -0.25) is 4.79 Å². The topological polar surface area (TPSA) is 56.5 Å². The second kappa shape index (κ2) is 10.8. The Bertz CT molecular complexity index is 1460. The normalized spacial score (nSPS) is 11.4. The Morgan fingerprint density at radius 3 is 2.76 bits per heavy atom. The molecule has 1 heterocycles. The quantitative estimate of drug-likeness (QED) is 0.210. The molecule has 34 heavy (non-hydrogen) atoms. The zero-order valence-corrected chi connectivity index (χ0v) is 22.0. The van der Waals surface area contributed by atoms with Crippen LogP contribution in [0.3, 0.4) is 0 Å². The molecule has 4 aromatic rings. The number of rotatable bonds is 7. The fourth-order valence-electron chi connectivity index (χ4n) is 3.43. The van der Waals surface area contributed by atoms with E-state index in [1.54, 1.807) is 36.4 Å². The van der Waals surface area contributed by atoms with Gasteiger partial charge in [0.2, 0.25) is 0 Å². The largest absolute Gasteiger partial charge is 0.487 e. The van der Waals surface area contributed by atoms with Gasteiger partial charge in [0.1, 0.15) is 24.0 Å². The van der Waals surface area contributed by atoms with Crippen molar-refractivity contribution in [1.82, 2.24) is 9.66 Å². The van der Waals surface area contributed by atoms with E-state index in [1.165, 1.54) is 23.0 Å². The molecule has 5 nitrogen and oxygen atoms in total. The van der Waals surface area contributed by atoms with Crippen molar-refractivity contribution >= 4 is 60.6 Å². The summed E-state index contributed by atoms with van der Waals surface area (Å²) in [7, 11) is 0. The molecule has 0 amide bonds. The van der Waals surface area contributed by atoms with Crippen molar-refractivity contribution < 1.29 is 9.13 Å². The Kier molecular flexibility index (Phi) is 7.80. The van der Waals surface area contributed by atoms with Crippen LogP contribution in [0.2, 0.25) is 5.02 Å². The average Bonchev–Trinajstić information content (AvgIpc) is 2.79. The van der Waals surface area contributed by atoms with Crippen molar-refractivity contribution in [3.63, 3.8) is 0 Å². The molecular weight excluding hydrogens is 589 g/mol. The Hall–Kier alpha value is -2.55. The number of ether oxygens (including phenoxy) is 1. The van der Waals surface area contributed by atoms with Crippen LogP contribution >= 0.6 is 43.5 Å². The first kappa shape index (κ1) is 24.6. The van der Waals surface area contributed by atoms with E-state index in [2.05, 4.69) is 41.9 Å². The van der Waals surface area contributed by atoms with E-state index in [1.807, 2.05) is 13.0 Å². The van der Waals surface area contributed by atoms with Gasteiger partial charge in [0.15, 0.2) is 0 Å². The molecule has 0 N–H and O–H groups in total. The molecule has 0 radical (unpaired) electrons. The summed E-state index contributed by atoms with van der Waals surface area (Å²) in [6.45, 7) is 2.16. The first-order valence-electron chi connectivity index (χ1n) is 10.5. The summed E-state index contributed by atoms with van der Waals surface area (Å²) in [6.07, 6.45) is 2.90. The lowest BCUT2D eigenvalue weighted by atomic mass is 10.2. The Morgan fingerprint density at radius 2 is 2.00 bits per heavy atom. The molecule has 0 aliphatic carbocycles. The zero-order chi connectivity index (χ0) is 24.2. The van der Waals surface area contributed by atoms with Crippen molar-refractivity contribution in [2.24, 2.45) is 5.10 Å². The number of nitrogens with zero attached hydrogens (tertiary/aromatic N) is 3. The summed E-state index contributed by atoms with van der Waals surface area (Å²) in [5.74, 6) is 0.692. The summed E-state index contributed by atoms with van der Waals surface area (Å²) in [5, 5.41) is 5.39. The van der Waals surface area contributed by atoms with Crippen LogP contribution in [0.15, 0.2) is 73.4 Å². The molecule has 0 atom stereocenters. The monoisotopic (exact) mass is 605 g/mol. The molecule has 0 unspecified atom stereocenters. The lowest BCUT2D eigenvalue weighted by molar-refractivity contribution is 0.303. The molecule has 9 heteroatoms. The number of halogens is 4. The molecule has 0 aliphatic heterocycles. The fraction of sp³-hybridized carbons (Fsp3) is 0.160. The minimum Gasteiger partial charge on any atom is -0.487 e. The van der Waals surface area contributed by atoms with Gasteiger partial charge in [-0.1, -0.05) is 46.6 Å². The summed E-state index contributed by atoms with van der Waals surface area (Å²) in [6, 6.07) is 15.0. The third-order valence-electron chi connectivity index (χ3n) is 4.97. The maximum Gasteiger partial charge on any atom is 0.282 e. The molecule has 0 bridgehead atoms. The molecule has 0 saturated carbocycles. The van der Waals surface area contributed by atoms with Gasteiger partial charge >= 0.3 is 0 Å². The van der Waals surface area contributed by atoms with E-state index in [0.29, 0.717) is 49.5 Å². The van der Waals surface area contributed by atoms with Crippen LogP contribution in [-0.2, 0) is 13.0 Å². The molecule has 0 aliphatic rings. The molecule has 0 saturated heterocycles. The van der Waals surface area contributed by atoms with Gasteiger partial charge in [-0.05, 0) is 70.4 Å². The molecule has 1 aromatic heterocycles. The first-order valence-corrected chi connectivity index (χ1v) is 12.4. The molecular formula is C25H19Br2ClFN3O2. The molecule has 174 valence electrons. The van der Waals surface area contributed by atoms with Crippen molar-refractivity contribution in [3.05, 3.63) is 102 Å². The van der Waals surface area contributed by atoms with Gasteiger partial charge in [-0.25, -0.2) is 9.37 Å². The lowest BCUT2D eigenvalue weighted by Crippen LogP contribution is -2.22. The standard InChI is InChI=1S/C25H19Br2ClFN3O2/c1-2-4-23-31-22-8-7-17(26)11-20(22)25(33)32(23)30-13-16-10-18(28)12-21(27)24(16)34-14-15-5-3-6-19(29)9-15/h3,5-13H,2,4,14H2,1H3. The van der Waals surface area contributed by atoms with Crippen molar-refractivity contribution in [1.29, 1.82) is 0 Å². The molecule has 0 fully saturated rings. The molecule has 0 spiro atoms. The SMILES string of the molecule is CCCc1nc2ccc(Br)cc2c(=O)n1N=Cc1cc(Cl)cc(Br)c1OCc1cccc(F)c1. The highest BCUT2D eigenvalue weighted by Crippen LogP contribution is 2.32. The van der Waals surface area contributed by atoms with E-state index in [0.717, 1.165) is 10.9 Å². The first-order chi connectivity index (χ1) is 16.4. The zero-order valence-electron chi connectivity index (χ0n) is 18.1. The summed E-state index contributed by atoms with van der Waals surface area (Å²) in [5.41, 5.74) is 1.58. The predicted molar refractivity (Wildman–Crippen MR) is 141 cm³/mol. The number of fused-ring (bicyclic) bond motifs is 1. The maximum atomic E-state index is 13.5. The van der Waals surface area contributed by atoms with E-state index in [4.69, 9.17) is 16.3 Å². The van der Waals surface area contributed by atoms with Crippen molar-refractivity contribution in [3.8, 4) is 5.75 Å². The highest BCUT2D eigenvalue weighted by Gasteiger charge is 2.13. The van der Waals surface area contributed by atoms with E-state index < -0.39 is 0 Å². The second-order valence-electron chi connectivity index (χ2n) is 7.53. The number of aryl methyl sites for hydroxylation is 1. The highest BCUT2D eigenvalue weighted by atomic mass is 79.9. The lowest BCUT2D eigenvalue weighted by Gasteiger charge is -2.13. The second-order valence-corrected chi connectivity index (χ2v) is 9.73. The summed E-state index contributed by atoms with van der Waals surface area (Å²) in [4.78, 5) is 17.9. The van der Waals surface area contributed by atoms with E-state index in [9.17, 15) is 9.18 Å². The Balaban J connectivity index is 1.75. The van der Waals surface area contributed by atoms with Crippen LogP contribution in [-0.4, -0.2) is 15.9 Å². The number of hydrogen-bond acceptors (Lipinski definition) is 4. The van der Waals surface area contributed by atoms with Crippen LogP contribution in [0.5, 0.6) is 5.75 Å². The highest BCUT2D eigenvalue weighted by molar-refractivity contribution is 9.10. The van der Waals surface area contributed by atoms with Gasteiger partial charge in [-0.15, -0.1) is 0 Å². The smallest absolute Gasteiger partial charge is 0.282 e. The van der Waals surface area contributed by atoms with E-state index in [-0.39, 0.29) is 18.0 Å². The third kappa shape index (κ3) is 5.56. The van der Waals surface area contributed by atoms with Gasteiger partial charge in [0, 0.05) is 21.5 Å². The van der Waals surface area contributed by atoms with Crippen LogP contribution < -0.4 is 10.3 Å². The summed E-state index contributed by atoms with van der Waals surface area (Å²) < 4.78 is 22.2. The van der Waals surface area contributed by atoms with Gasteiger partial charge in [-0.2, -0.15) is 9.78 Å². The maximum absolute atomic E-state index is 13.5. The Labute approximate surface area is 217 Å². The predicted octanol–water partition coefficient (Wildman–Crippen LogP) is 7.13. The third-order valence-corrected chi connectivity index (χ3v) is 6.27. The van der Waals surface area contributed by atoms with Gasteiger partial charge in [0.05, 0.1) is 21.6 Å². The minimum absolute atomic E-state index is 0.144. The van der Waals surface area contributed by atoms with Crippen LogP contribution in [0.1, 0.15) is 30.3 Å². The van der Waals surface area contributed by atoms with Crippen LogP contribution in [0.4, 0.5) is 4.39 Å². The molecule has 3 aromatic carbocycles. The summed E-state index contributed by atoms with van der Waals surface area (Å²) >= 11 is 13.2. The molecule has 4 rings (SSSR count).